The maximum Gasteiger partial charge on any atom is 0.0164 e. The van der Waals surface area contributed by atoms with E-state index in [1.54, 1.807) is 5.57 Å². The normalized spacial score (nSPS) is 26.5. The van der Waals surface area contributed by atoms with Gasteiger partial charge in [-0.05, 0) is 43.6 Å². The van der Waals surface area contributed by atoms with Gasteiger partial charge in [-0.3, -0.25) is 0 Å². The Kier molecular flexibility index (Phi) is 6.87. The monoisotopic (exact) mass is 237 g/mol. The van der Waals surface area contributed by atoms with E-state index in [1.807, 2.05) is 0 Å². The highest BCUT2D eigenvalue weighted by molar-refractivity contribution is 5.06. The molecule has 0 aromatic heterocycles. The molecular formula is C16H31N. The van der Waals surface area contributed by atoms with Gasteiger partial charge >= 0.3 is 0 Å². The van der Waals surface area contributed by atoms with Gasteiger partial charge in [-0.2, -0.15) is 0 Å². The van der Waals surface area contributed by atoms with Gasteiger partial charge in [0.1, 0.15) is 0 Å². The Bertz CT molecular complexity index is 222. The minimum absolute atomic E-state index is 0.753. The van der Waals surface area contributed by atoms with E-state index in [4.69, 9.17) is 0 Å². The van der Waals surface area contributed by atoms with Crippen molar-refractivity contribution in [1.82, 2.24) is 5.32 Å². The average molecular weight is 237 g/mol. The largest absolute Gasteiger partial charge is 0.313 e. The van der Waals surface area contributed by atoms with Crippen LogP contribution in [0.5, 0.6) is 0 Å². The molecule has 0 aliphatic heterocycles. The third kappa shape index (κ3) is 6.26. The maximum atomic E-state index is 3.57. The molecule has 1 saturated carbocycles. The zero-order chi connectivity index (χ0) is 12.7. The van der Waals surface area contributed by atoms with Crippen LogP contribution in [0.2, 0.25) is 0 Å². The summed E-state index contributed by atoms with van der Waals surface area (Å²) in [6.07, 6.45) is 9.45. The zero-order valence-corrected chi connectivity index (χ0v) is 12.3. The molecule has 0 atom stereocenters. The van der Waals surface area contributed by atoms with Crippen LogP contribution in [0.4, 0.5) is 0 Å². The van der Waals surface area contributed by atoms with Gasteiger partial charge in [-0.25, -0.2) is 0 Å². The van der Waals surface area contributed by atoms with E-state index in [0.29, 0.717) is 0 Å². The molecule has 1 rings (SSSR count). The van der Waals surface area contributed by atoms with Gasteiger partial charge in [-0.1, -0.05) is 52.2 Å². The van der Waals surface area contributed by atoms with Crippen LogP contribution in [0.1, 0.15) is 59.8 Å². The number of allylic oxidation sites excluding steroid dienone is 1. The Balaban J connectivity index is 2.32. The van der Waals surface area contributed by atoms with Crippen LogP contribution in [-0.4, -0.2) is 13.1 Å². The lowest BCUT2D eigenvalue weighted by Gasteiger charge is -2.24. The number of hydrogen-bond acceptors (Lipinski definition) is 1. The fraction of sp³-hybridized carbons (Fsp3) is 0.875. The first kappa shape index (κ1) is 14.8. The summed E-state index contributed by atoms with van der Waals surface area (Å²) >= 11 is 0. The summed E-state index contributed by atoms with van der Waals surface area (Å²) < 4.78 is 0. The van der Waals surface area contributed by atoms with E-state index < -0.39 is 0 Å². The summed E-state index contributed by atoms with van der Waals surface area (Å²) in [5.41, 5.74) is 1.62. The second-order valence-electron chi connectivity index (χ2n) is 6.22. The minimum Gasteiger partial charge on any atom is -0.313 e. The molecule has 17 heavy (non-hydrogen) atoms. The molecule has 100 valence electrons. The van der Waals surface area contributed by atoms with Gasteiger partial charge < -0.3 is 5.32 Å². The molecule has 0 aromatic rings. The van der Waals surface area contributed by atoms with Crippen molar-refractivity contribution in [3.63, 3.8) is 0 Å². The molecule has 1 N–H and O–H groups in total. The van der Waals surface area contributed by atoms with Gasteiger partial charge in [0.05, 0.1) is 0 Å². The lowest BCUT2D eigenvalue weighted by Crippen LogP contribution is -2.22. The minimum atomic E-state index is 0.753. The first-order valence-corrected chi connectivity index (χ1v) is 7.52. The van der Waals surface area contributed by atoms with E-state index in [0.717, 1.165) is 30.8 Å². The summed E-state index contributed by atoms with van der Waals surface area (Å²) in [5.74, 6) is 2.58. The summed E-state index contributed by atoms with van der Waals surface area (Å²) in [6.45, 7) is 11.5. The molecule has 0 aromatic carbocycles. The van der Waals surface area contributed by atoms with Gasteiger partial charge in [0.2, 0.25) is 0 Å². The van der Waals surface area contributed by atoms with Crippen molar-refractivity contribution in [2.75, 3.05) is 13.1 Å². The Morgan fingerprint density at radius 2 is 1.88 bits per heavy atom. The van der Waals surface area contributed by atoms with Crippen LogP contribution in [-0.2, 0) is 0 Å². The summed E-state index contributed by atoms with van der Waals surface area (Å²) in [5, 5.41) is 3.57. The molecule has 0 radical (unpaired) electrons. The summed E-state index contributed by atoms with van der Waals surface area (Å²) in [4.78, 5) is 0. The van der Waals surface area contributed by atoms with Crippen LogP contribution < -0.4 is 5.32 Å². The predicted octanol–water partition coefficient (Wildman–Crippen LogP) is 4.39. The molecule has 0 saturated heterocycles. The van der Waals surface area contributed by atoms with E-state index >= 15 is 0 Å². The molecule has 1 aliphatic carbocycles. The molecule has 0 amide bonds. The quantitative estimate of drug-likeness (QED) is 0.675. The number of rotatable bonds is 6. The smallest absolute Gasteiger partial charge is 0.0164 e. The molecular weight excluding hydrogens is 206 g/mol. The van der Waals surface area contributed by atoms with E-state index in [9.17, 15) is 0 Å². The maximum absolute atomic E-state index is 3.57. The Morgan fingerprint density at radius 1 is 1.24 bits per heavy atom. The predicted molar refractivity (Wildman–Crippen MR) is 77.2 cm³/mol. The van der Waals surface area contributed by atoms with Gasteiger partial charge in [0.15, 0.2) is 0 Å². The SMILES string of the molecule is CCC(=CC1CCC(C)CC1)CNCC(C)C. The average Bonchev–Trinajstić information content (AvgIpc) is 2.30. The summed E-state index contributed by atoms with van der Waals surface area (Å²) in [6, 6.07) is 0. The second kappa shape index (κ2) is 7.92. The fourth-order valence-electron chi connectivity index (χ4n) is 2.61. The van der Waals surface area contributed by atoms with Crippen molar-refractivity contribution in [1.29, 1.82) is 0 Å². The Labute approximate surface area is 108 Å². The van der Waals surface area contributed by atoms with Crippen molar-refractivity contribution >= 4 is 0 Å². The standard InChI is InChI=1S/C16H31N/c1-5-15(12-17-11-13(2)3)10-16-8-6-14(4)7-9-16/h10,13-14,16-17H,5-9,11-12H2,1-4H3. The Morgan fingerprint density at radius 3 is 2.41 bits per heavy atom. The van der Waals surface area contributed by atoms with Crippen LogP contribution in [0.3, 0.4) is 0 Å². The van der Waals surface area contributed by atoms with Crippen molar-refractivity contribution < 1.29 is 0 Å². The van der Waals surface area contributed by atoms with Crippen molar-refractivity contribution in [2.24, 2.45) is 17.8 Å². The molecule has 0 bridgehead atoms. The lowest BCUT2D eigenvalue weighted by atomic mass is 9.82. The van der Waals surface area contributed by atoms with E-state index in [1.165, 1.54) is 32.1 Å². The lowest BCUT2D eigenvalue weighted by molar-refractivity contribution is 0.329. The highest BCUT2D eigenvalue weighted by Crippen LogP contribution is 2.29. The second-order valence-corrected chi connectivity index (χ2v) is 6.22. The highest BCUT2D eigenvalue weighted by Gasteiger charge is 2.16. The van der Waals surface area contributed by atoms with E-state index in [2.05, 4.69) is 39.1 Å². The Hall–Kier alpha value is -0.300. The third-order valence-corrected chi connectivity index (χ3v) is 3.89. The molecule has 1 heteroatoms. The summed E-state index contributed by atoms with van der Waals surface area (Å²) in [7, 11) is 0. The molecule has 1 nitrogen and oxygen atoms in total. The first-order valence-electron chi connectivity index (χ1n) is 7.52. The van der Waals surface area contributed by atoms with Gasteiger partial charge in [0.25, 0.3) is 0 Å². The molecule has 0 spiro atoms. The fourth-order valence-corrected chi connectivity index (χ4v) is 2.61. The van der Waals surface area contributed by atoms with Crippen LogP contribution in [0.15, 0.2) is 11.6 Å². The number of nitrogens with one attached hydrogen (secondary N) is 1. The third-order valence-electron chi connectivity index (χ3n) is 3.89. The first-order chi connectivity index (χ1) is 8.11. The van der Waals surface area contributed by atoms with Crippen molar-refractivity contribution in [3.8, 4) is 0 Å². The topological polar surface area (TPSA) is 12.0 Å². The van der Waals surface area contributed by atoms with Crippen molar-refractivity contribution in [3.05, 3.63) is 11.6 Å². The highest BCUT2D eigenvalue weighted by atomic mass is 14.9. The van der Waals surface area contributed by atoms with Crippen LogP contribution in [0, 0.1) is 17.8 Å². The van der Waals surface area contributed by atoms with Gasteiger partial charge in [0, 0.05) is 6.54 Å². The molecule has 1 aliphatic rings. The molecule has 0 unspecified atom stereocenters. The van der Waals surface area contributed by atoms with Crippen molar-refractivity contribution in [2.45, 2.75) is 59.8 Å². The van der Waals surface area contributed by atoms with Gasteiger partial charge in [-0.15, -0.1) is 0 Å². The molecule has 1 fully saturated rings. The molecule has 0 heterocycles. The number of hydrogen-bond donors (Lipinski definition) is 1. The van der Waals surface area contributed by atoms with Crippen LogP contribution in [0.25, 0.3) is 0 Å². The van der Waals surface area contributed by atoms with E-state index in [-0.39, 0.29) is 0 Å². The van der Waals surface area contributed by atoms with Crippen LogP contribution >= 0.6 is 0 Å². The zero-order valence-electron chi connectivity index (χ0n) is 12.3.